The third-order valence-corrected chi connectivity index (χ3v) is 5.62. The predicted molar refractivity (Wildman–Crippen MR) is 130 cm³/mol. The number of nitro groups is 1. The highest BCUT2D eigenvalue weighted by Gasteiger charge is 2.62. The lowest BCUT2D eigenvalue weighted by molar-refractivity contribution is -0.384. The second-order valence-electron chi connectivity index (χ2n) is 9.14. The van der Waals surface area contributed by atoms with Crippen molar-refractivity contribution in [2.24, 2.45) is 0 Å². The molecule has 14 nitrogen and oxygen atoms in total. The summed E-state index contributed by atoms with van der Waals surface area (Å²) in [6.45, 7) is 3.24. The lowest BCUT2D eigenvalue weighted by atomic mass is 10.1. The number of amides is 1. The molecular formula is C22H23BrF2N4O10. The number of halogens is 3. The normalized spacial score (nSPS) is 20.2. The molecule has 3 rings (SSSR count). The lowest BCUT2D eigenvalue weighted by Crippen LogP contribution is -2.45. The summed E-state index contributed by atoms with van der Waals surface area (Å²) >= 11 is 3.02. The highest BCUT2D eigenvalue weighted by Crippen LogP contribution is 2.44. The van der Waals surface area contributed by atoms with Crippen molar-refractivity contribution in [3.05, 3.63) is 61.1 Å². The van der Waals surface area contributed by atoms with Crippen molar-refractivity contribution >= 4 is 39.7 Å². The van der Waals surface area contributed by atoms with Crippen molar-refractivity contribution in [1.82, 2.24) is 9.55 Å². The highest BCUT2D eigenvalue weighted by molar-refractivity contribution is 9.10. The summed E-state index contributed by atoms with van der Waals surface area (Å²) in [5.74, 6) is -4.38. The van der Waals surface area contributed by atoms with Gasteiger partial charge < -0.3 is 24.1 Å². The Labute approximate surface area is 227 Å². The van der Waals surface area contributed by atoms with Crippen molar-refractivity contribution in [3.8, 4) is 0 Å². The number of benzene rings is 1. The molecule has 0 spiro atoms. The van der Waals surface area contributed by atoms with E-state index in [0.717, 1.165) is 6.20 Å². The maximum absolute atomic E-state index is 15.2. The summed E-state index contributed by atoms with van der Waals surface area (Å²) in [7, 11) is 0. The number of ether oxygens (including phenoxy) is 4. The van der Waals surface area contributed by atoms with Gasteiger partial charge in [0.1, 0.15) is 18.3 Å². The molecule has 1 unspecified atom stereocenters. The van der Waals surface area contributed by atoms with Crippen LogP contribution in [0.3, 0.4) is 0 Å². The maximum Gasteiger partial charge on any atom is 0.509 e. The molecule has 1 amide bonds. The van der Waals surface area contributed by atoms with E-state index in [1.807, 2.05) is 0 Å². The smallest absolute Gasteiger partial charge is 0.444 e. The third-order valence-electron chi connectivity index (χ3n) is 5.04. The second-order valence-corrected chi connectivity index (χ2v) is 9.99. The monoisotopic (exact) mass is 620 g/mol. The number of rotatable bonds is 7. The van der Waals surface area contributed by atoms with Crippen LogP contribution >= 0.6 is 15.9 Å². The van der Waals surface area contributed by atoms with Crippen LogP contribution in [0.15, 0.2) is 39.7 Å². The number of hydrogen-bond acceptors (Lipinski definition) is 11. The van der Waals surface area contributed by atoms with Crippen LogP contribution in [0.25, 0.3) is 0 Å². The maximum atomic E-state index is 15.2. The Morgan fingerprint density at radius 3 is 2.51 bits per heavy atom. The van der Waals surface area contributed by atoms with E-state index in [9.17, 15) is 29.6 Å². The predicted octanol–water partition coefficient (Wildman–Crippen LogP) is 3.51. The van der Waals surface area contributed by atoms with Crippen molar-refractivity contribution in [2.45, 2.75) is 57.3 Å². The van der Waals surface area contributed by atoms with Gasteiger partial charge in [-0.15, -0.1) is 0 Å². The fraction of sp³-hybridized carbons (Fsp3) is 0.455. The average Bonchev–Trinajstić information content (AvgIpc) is 3.08. The molecule has 2 N–H and O–H groups in total. The van der Waals surface area contributed by atoms with Crippen molar-refractivity contribution in [2.75, 3.05) is 11.9 Å². The van der Waals surface area contributed by atoms with Gasteiger partial charge in [0.2, 0.25) is 12.3 Å². The number of carbonyl (C=O) groups excluding carboxylic acids is 2. The highest BCUT2D eigenvalue weighted by atomic mass is 79.9. The molecular weight excluding hydrogens is 598 g/mol. The van der Waals surface area contributed by atoms with E-state index in [2.05, 4.69) is 26.2 Å². The van der Waals surface area contributed by atoms with Gasteiger partial charge in [0.05, 0.1) is 16.0 Å². The first-order valence-electron chi connectivity index (χ1n) is 11.1. The minimum absolute atomic E-state index is 0.120. The number of aromatic nitrogens is 2. The summed E-state index contributed by atoms with van der Waals surface area (Å²) in [6, 6.07) is 5.20. The Kier molecular flexibility index (Phi) is 8.87. The van der Waals surface area contributed by atoms with E-state index in [-0.39, 0.29) is 22.6 Å². The van der Waals surface area contributed by atoms with Crippen LogP contribution in [0.4, 0.5) is 29.9 Å². The molecule has 17 heteroatoms. The molecule has 0 saturated carbocycles. The van der Waals surface area contributed by atoms with Crippen LogP contribution in [-0.2, 0) is 25.6 Å². The summed E-state index contributed by atoms with van der Waals surface area (Å²) in [4.78, 5) is 50.4. The van der Waals surface area contributed by atoms with E-state index in [1.54, 1.807) is 0 Å². The molecule has 0 aliphatic carbocycles. The zero-order chi connectivity index (χ0) is 29.1. The van der Waals surface area contributed by atoms with Gasteiger partial charge in [0, 0.05) is 18.3 Å². The molecule has 1 saturated heterocycles. The molecule has 0 bridgehead atoms. The molecule has 1 aliphatic heterocycles. The number of nitrogens with one attached hydrogen (secondary N) is 1. The largest absolute Gasteiger partial charge is 0.509 e. The van der Waals surface area contributed by atoms with Crippen LogP contribution in [0, 0.1) is 10.1 Å². The molecule has 2 heterocycles. The second kappa shape index (κ2) is 11.6. The average molecular weight is 621 g/mol. The number of carbonyl (C=O) groups is 2. The number of non-ortho nitro benzene ring substituents is 1. The molecule has 3 atom stereocenters. The number of aliphatic hydroxyl groups excluding tert-OH is 1. The molecule has 1 fully saturated rings. The topological polar surface area (TPSA) is 181 Å². The van der Waals surface area contributed by atoms with Gasteiger partial charge >= 0.3 is 23.9 Å². The number of hydrogen-bond donors (Lipinski definition) is 2. The first kappa shape index (κ1) is 29.9. The minimum Gasteiger partial charge on any atom is -0.444 e. The molecule has 0 radical (unpaired) electrons. The third kappa shape index (κ3) is 7.24. The number of nitro benzene ring substituents is 1. The summed E-state index contributed by atoms with van der Waals surface area (Å²) in [5, 5.41) is 22.4. The number of aliphatic hydroxyl groups is 1. The molecule has 1 aromatic carbocycles. The quantitative estimate of drug-likeness (QED) is 0.262. The molecule has 1 aliphatic rings. The SMILES string of the molecule is CC(C)(C)OC(=O)OC1[C@@H](CO)O[C@@H](n2cc(Br)c(NC(=O)OCc3ccc([N+](=O)[O-])cc3)nc2=O)C1(F)F. The molecule has 2 aromatic rings. The Hall–Kier alpha value is -3.70. The van der Waals surface area contributed by atoms with Crippen LogP contribution in [-0.4, -0.2) is 62.2 Å². The minimum atomic E-state index is -4.01. The van der Waals surface area contributed by atoms with Gasteiger partial charge in [-0.2, -0.15) is 13.8 Å². The Balaban J connectivity index is 1.72. The van der Waals surface area contributed by atoms with E-state index in [1.165, 1.54) is 45.0 Å². The fourth-order valence-corrected chi connectivity index (χ4v) is 3.74. The van der Waals surface area contributed by atoms with E-state index in [0.29, 0.717) is 10.1 Å². The number of nitrogens with zero attached hydrogens (tertiary/aromatic N) is 3. The summed E-state index contributed by atoms with van der Waals surface area (Å²) < 4.78 is 50.5. The van der Waals surface area contributed by atoms with Crippen molar-refractivity contribution < 1.29 is 47.3 Å². The zero-order valence-corrected chi connectivity index (χ0v) is 22.2. The van der Waals surface area contributed by atoms with Gasteiger partial charge in [-0.25, -0.2) is 14.4 Å². The Morgan fingerprint density at radius 1 is 1.31 bits per heavy atom. The van der Waals surface area contributed by atoms with Gasteiger partial charge in [-0.1, -0.05) is 0 Å². The summed E-state index contributed by atoms with van der Waals surface area (Å²) in [6.07, 6.45) is -7.94. The van der Waals surface area contributed by atoms with Crippen molar-refractivity contribution in [1.29, 1.82) is 0 Å². The number of anilines is 1. The van der Waals surface area contributed by atoms with Gasteiger partial charge in [0.15, 0.2) is 5.82 Å². The standard InChI is InChI=1S/C22H23BrF2N4O10/c1-21(2,3)39-20(33)38-15-14(9-30)37-17(22(15,24)25)28-8-13(23)16(26-18(28)31)27-19(32)36-10-11-4-6-12(7-5-11)29(34)35/h4-8,14-15,17,30H,9-10H2,1-3H3,(H,26,27,31,32)/t14-,15?,17-/m1/s1. The van der Waals surface area contributed by atoms with Crippen LogP contribution in [0.5, 0.6) is 0 Å². The number of alkyl halides is 2. The Morgan fingerprint density at radius 2 is 1.95 bits per heavy atom. The van der Waals surface area contributed by atoms with Crippen LogP contribution in [0.2, 0.25) is 0 Å². The molecule has 39 heavy (non-hydrogen) atoms. The summed E-state index contributed by atoms with van der Waals surface area (Å²) in [5.41, 5.74) is -2.04. The Bertz CT molecular complexity index is 1300. The zero-order valence-electron chi connectivity index (χ0n) is 20.6. The van der Waals surface area contributed by atoms with E-state index >= 15 is 8.78 Å². The van der Waals surface area contributed by atoms with Gasteiger partial charge in [0.25, 0.3) is 5.69 Å². The van der Waals surface area contributed by atoms with E-state index < -0.39 is 59.4 Å². The fourth-order valence-electron chi connectivity index (χ4n) is 3.33. The van der Waals surface area contributed by atoms with E-state index in [4.69, 9.17) is 18.9 Å². The van der Waals surface area contributed by atoms with Crippen LogP contribution < -0.4 is 11.0 Å². The van der Waals surface area contributed by atoms with Crippen LogP contribution in [0.1, 0.15) is 32.6 Å². The lowest BCUT2D eigenvalue weighted by Gasteiger charge is -2.26. The van der Waals surface area contributed by atoms with Gasteiger partial charge in [-0.05, 0) is 54.4 Å². The molecule has 1 aromatic heterocycles. The first-order chi connectivity index (χ1) is 18.1. The molecule has 212 valence electrons. The first-order valence-corrected chi connectivity index (χ1v) is 11.9. The van der Waals surface area contributed by atoms with Crippen molar-refractivity contribution in [3.63, 3.8) is 0 Å². The van der Waals surface area contributed by atoms with Gasteiger partial charge in [-0.3, -0.25) is 20.0 Å².